The first-order valence-corrected chi connectivity index (χ1v) is 7.40. The number of thiazole rings is 1. The van der Waals surface area contributed by atoms with Crippen LogP contribution in [0.3, 0.4) is 0 Å². The van der Waals surface area contributed by atoms with Crippen LogP contribution in [0, 0.1) is 0 Å². The van der Waals surface area contributed by atoms with Gasteiger partial charge < -0.3 is 15.3 Å². The predicted molar refractivity (Wildman–Crippen MR) is 69.6 cm³/mol. The molecule has 0 bridgehead atoms. The molecule has 1 fully saturated rings. The third-order valence-electron chi connectivity index (χ3n) is 2.59. The van der Waals surface area contributed by atoms with E-state index in [2.05, 4.69) is 10.3 Å². The van der Waals surface area contributed by atoms with E-state index in [4.69, 9.17) is 5.11 Å². The van der Waals surface area contributed by atoms with E-state index in [0.29, 0.717) is 11.6 Å². The third-order valence-corrected chi connectivity index (χ3v) is 4.56. The van der Waals surface area contributed by atoms with Crippen molar-refractivity contribution in [1.29, 1.82) is 0 Å². The van der Waals surface area contributed by atoms with Gasteiger partial charge in [-0.2, -0.15) is 0 Å². The minimum absolute atomic E-state index is 0.211. The molecule has 0 saturated carbocycles. The Morgan fingerprint density at radius 3 is 3.06 bits per heavy atom. The molecule has 0 radical (unpaired) electrons. The van der Waals surface area contributed by atoms with Gasteiger partial charge in [0, 0.05) is 17.3 Å². The number of hydrogen-bond acceptors (Lipinski definition) is 5. The Kier molecular flexibility index (Phi) is 4.07. The van der Waals surface area contributed by atoms with Crippen LogP contribution >= 0.6 is 23.1 Å². The second-order valence-electron chi connectivity index (χ2n) is 3.87. The highest BCUT2D eigenvalue weighted by Crippen LogP contribution is 2.22. The number of urea groups is 1. The van der Waals surface area contributed by atoms with Gasteiger partial charge in [0.1, 0.15) is 11.0 Å². The van der Waals surface area contributed by atoms with E-state index < -0.39 is 12.0 Å². The summed E-state index contributed by atoms with van der Waals surface area (Å²) in [6.07, 6.45) is 1.68. The van der Waals surface area contributed by atoms with E-state index >= 15 is 0 Å². The molecule has 8 heteroatoms. The van der Waals surface area contributed by atoms with Crippen molar-refractivity contribution in [2.45, 2.75) is 19.0 Å². The molecule has 2 N–H and O–H groups in total. The van der Waals surface area contributed by atoms with Crippen LogP contribution in [0.2, 0.25) is 0 Å². The van der Waals surface area contributed by atoms with E-state index in [0.717, 1.165) is 5.01 Å². The normalized spacial score (nSPS) is 20.7. The van der Waals surface area contributed by atoms with Crippen LogP contribution in [0.15, 0.2) is 11.6 Å². The lowest BCUT2D eigenvalue weighted by molar-refractivity contribution is -0.140. The van der Waals surface area contributed by atoms with Crippen LogP contribution in [0.5, 0.6) is 0 Å². The van der Waals surface area contributed by atoms with E-state index in [1.54, 1.807) is 6.20 Å². The monoisotopic (exact) mass is 287 g/mol. The summed E-state index contributed by atoms with van der Waals surface area (Å²) in [5, 5.41) is 14.4. The largest absolute Gasteiger partial charge is 0.480 e. The maximum Gasteiger partial charge on any atom is 0.327 e. The molecule has 1 aliphatic rings. The molecule has 2 atom stereocenters. The number of aliphatic carboxylic acids is 1. The van der Waals surface area contributed by atoms with Crippen LogP contribution < -0.4 is 5.32 Å². The summed E-state index contributed by atoms with van der Waals surface area (Å²) in [5.41, 5.74) is 0. The van der Waals surface area contributed by atoms with Crippen molar-refractivity contribution in [3.05, 3.63) is 16.6 Å². The van der Waals surface area contributed by atoms with Crippen molar-refractivity contribution in [1.82, 2.24) is 15.2 Å². The minimum Gasteiger partial charge on any atom is -0.480 e. The molecular weight excluding hydrogens is 274 g/mol. The molecule has 6 nitrogen and oxygen atoms in total. The van der Waals surface area contributed by atoms with Gasteiger partial charge in [-0.15, -0.1) is 23.1 Å². The van der Waals surface area contributed by atoms with Gasteiger partial charge in [0.25, 0.3) is 0 Å². The quantitative estimate of drug-likeness (QED) is 0.877. The van der Waals surface area contributed by atoms with Crippen molar-refractivity contribution in [2.24, 2.45) is 0 Å². The second kappa shape index (κ2) is 5.57. The highest BCUT2D eigenvalue weighted by Gasteiger charge is 2.35. The summed E-state index contributed by atoms with van der Waals surface area (Å²) in [5.74, 6) is -0.112. The molecule has 1 unspecified atom stereocenters. The molecule has 1 saturated heterocycles. The van der Waals surface area contributed by atoms with Crippen molar-refractivity contribution in [3.63, 3.8) is 0 Å². The summed E-state index contributed by atoms with van der Waals surface area (Å²) in [4.78, 5) is 28.4. The number of hydrogen-bond donors (Lipinski definition) is 2. The first-order valence-electron chi connectivity index (χ1n) is 5.36. The van der Waals surface area contributed by atoms with Gasteiger partial charge in [-0.3, -0.25) is 0 Å². The Morgan fingerprint density at radius 1 is 1.67 bits per heavy atom. The zero-order valence-electron chi connectivity index (χ0n) is 9.70. The summed E-state index contributed by atoms with van der Waals surface area (Å²) < 4.78 is 0. The van der Waals surface area contributed by atoms with Gasteiger partial charge in [0.05, 0.1) is 11.9 Å². The molecular formula is C10H13N3O3S2. The summed E-state index contributed by atoms with van der Waals surface area (Å²) in [6.45, 7) is 1.83. The number of carboxylic acids is 1. The average Bonchev–Trinajstić information content (AvgIpc) is 3.00. The number of thioether (sulfide) groups is 1. The lowest BCUT2D eigenvalue weighted by Crippen LogP contribution is -2.47. The molecule has 2 amide bonds. The molecule has 0 aromatic carbocycles. The number of carbonyl (C=O) groups excluding carboxylic acids is 1. The van der Waals surface area contributed by atoms with E-state index in [-0.39, 0.29) is 12.1 Å². The third kappa shape index (κ3) is 2.75. The molecule has 2 rings (SSSR count). The van der Waals surface area contributed by atoms with Gasteiger partial charge >= 0.3 is 12.0 Å². The number of amides is 2. The smallest absolute Gasteiger partial charge is 0.327 e. The number of carboxylic acid groups (broad SMARTS) is 1. The van der Waals surface area contributed by atoms with Crippen LogP contribution in [0.4, 0.5) is 4.79 Å². The van der Waals surface area contributed by atoms with Crippen molar-refractivity contribution >= 4 is 35.1 Å². The second-order valence-corrected chi connectivity index (χ2v) is 5.79. The Balaban J connectivity index is 1.97. The van der Waals surface area contributed by atoms with Crippen LogP contribution in [-0.4, -0.2) is 44.7 Å². The zero-order chi connectivity index (χ0) is 13.1. The first kappa shape index (κ1) is 13.2. The SMILES string of the molecule is CC(NC(=O)N1CSC[C@H]1C(=O)O)c1nccs1. The topological polar surface area (TPSA) is 82.5 Å². The van der Waals surface area contributed by atoms with E-state index in [1.807, 2.05) is 12.3 Å². The zero-order valence-corrected chi connectivity index (χ0v) is 11.3. The molecule has 98 valence electrons. The van der Waals surface area contributed by atoms with Gasteiger partial charge in [-0.25, -0.2) is 14.6 Å². The molecule has 2 heterocycles. The van der Waals surface area contributed by atoms with Crippen LogP contribution in [-0.2, 0) is 4.79 Å². The fourth-order valence-electron chi connectivity index (χ4n) is 1.63. The standard InChI is InChI=1S/C10H13N3O3S2/c1-6(8-11-2-3-18-8)12-10(16)13-5-17-4-7(13)9(14)15/h2-3,6-7H,4-5H2,1H3,(H,12,16)(H,14,15)/t6?,7-/m0/s1. The Bertz CT molecular complexity index is 438. The number of rotatable bonds is 3. The van der Waals surface area contributed by atoms with Crippen LogP contribution in [0.25, 0.3) is 0 Å². The highest BCUT2D eigenvalue weighted by molar-refractivity contribution is 7.99. The average molecular weight is 287 g/mol. The Hall–Kier alpha value is -1.28. The molecule has 1 aromatic rings. The van der Waals surface area contributed by atoms with E-state index in [1.165, 1.54) is 28.0 Å². The fourth-order valence-corrected chi connectivity index (χ4v) is 3.42. The van der Waals surface area contributed by atoms with Gasteiger partial charge in [-0.1, -0.05) is 0 Å². The van der Waals surface area contributed by atoms with Crippen molar-refractivity contribution in [3.8, 4) is 0 Å². The predicted octanol–water partition coefficient (Wildman–Crippen LogP) is 1.37. The Labute approximate surface area is 112 Å². The van der Waals surface area contributed by atoms with Gasteiger partial charge in [-0.05, 0) is 6.92 Å². The van der Waals surface area contributed by atoms with Crippen molar-refractivity contribution < 1.29 is 14.7 Å². The number of nitrogens with one attached hydrogen (secondary N) is 1. The minimum atomic E-state index is -0.961. The van der Waals surface area contributed by atoms with E-state index in [9.17, 15) is 9.59 Å². The number of nitrogens with zero attached hydrogens (tertiary/aromatic N) is 2. The lowest BCUT2D eigenvalue weighted by atomic mass is 10.3. The fraction of sp³-hybridized carbons (Fsp3) is 0.500. The first-order chi connectivity index (χ1) is 8.59. The van der Waals surface area contributed by atoms with Gasteiger partial charge in [0.2, 0.25) is 0 Å². The van der Waals surface area contributed by atoms with Gasteiger partial charge in [0.15, 0.2) is 0 Å². The summed E-state index contributed by atoms with van der Waals surface area (Å²) >= 11 is 2.90. The molecule has 18 heavy (non-hydrogen) atoms. The van der Waals surface area contributed by atoms with Crippen LogP contribution in [0.1, 0.15) is 18.0 Å². The molecule has 0 spiro atoms. The Morgan fingerprint density at radius 2 is 2.44 bits per heavy atom. The molecule has 1 aliphatic heterocycles. The molecule has 1 aromatic heterocycles. The molecule has 0 aliphatic carbocycles. The number of aromatic nitrogens is 1. The van der Waals surface area contributed by atoms with Crippen molar-refractivity contribution in [2.75, 3.05) is 11.6 Å². The maximum atomic E-state index is 12.0. The maximum absolute atomic E-state index is 12.0. The number of carbonyl (C=O) groups is 2. The highest BCUT2D eigenvalue weighted by atomic mass is 32.2. The lowest BCUT2D eigenvalue weighted by Gasteiger charge is -2.22. The summed E-state index contributed by atoms with van der Waals surface area (Å²) in [6, 6.07) is -1.30. The summed E-state index contributed by atoms with van der Waals surface area (Å²) in [7, 11) is 0.